The Morgan fingerprint density at radius 1 is 1.44 bits per heavy atom. The monoisotopic (exact) mass is 227 g/mol. The predicted molar refractivity (Wildman–Crippen MR) is 63.4 cm³/mol. The number of aliphatic hydroxyl groups excluding tert-OH is 2. The Morgan fingerprint density at radius 3 is 2.56 bits per heavy atom. The molecule has 0 bridgehead atoms. The molecule has 92 valence electrons. The van der Waals surface area contributed by atoms with E-state index < -0.39 is 5.41 Å². The van der Waals surface area contributed by atoms with Gasteiger partial charge in [0.1, 0.15) is 0 Å². The van der Waals surface area contributed by atoms with E-state index in [0.717, 1.165) is 17.8 Å². The smallest absolute Gasteiger partial charge is 0.0853 e. The number of hydrogen-bond donors (Lipinski definition) is 3. The number of hydrogen-bond acceptors (Lipinski definition) is 4. The molecule has 0 aliphatic heterocycles. The summed E-state index contributed by atoms with van der Waals surface area (Å²) in [4.78, 5) is 0. The molecule has 0 amide bonds. The van der Waals surface area contributed by atoms with Crippen molar-refractivity contribution in [3.8, 4) is 0 Å². The predicted octanol–water partition coefficient (Wildman–Crippen LogP) is 0.385. The Labute approximate surface area is 96.1 Å². The van der Waals surface area contributed by atoms with Crippen LogP contribution in [-0.2, 0) is 13.5 Å². The zero-order chi connectivity index (χ0) is 12.2. The van der Waals surface area contributed by atoms with Gasteiger partial charge in [-0.3, -0.25) is 4.68 Å². The first-order valence-corrected chi connectivity index (χ1v) is 5.53. The second-order valence-corrected chi connectivity index (χ2v) is 4.50. The minimum atomic E-state index is -0.499. The van der Waals surface area contributed by atoms with E-state index in [4.69, 9.17) is 0 Å². The van der Waals surface area contributed by atoms with Crippen molar-refractivity contribution >= 4 is 5.69 Å². The van der Waals surface area contributed by atoms with Gasteiger partial charge in [-0.15, -0.1) is 0 Å². The first kappa shape index (κ1) is 13.0. The van der Waals surface area contributed by atoms with Crippen molar-refractivity contribution in [3.63, 3.8) is 0 Å². The molecule has 1 aromatic heterocycles. The van der Waals surface area contributed by atoms with Gasteiger partial charge in [-0.2, -0.15) is 5.10 Å². The van der Waals surface area contributed by atoms with Crippen LogP contribution < -0.4 is 5.32 Å². The van der Waals surface area contributed by atoms with Gasteiger partial charge in [0.05, 0.1) is 24.6 Å². The molecule has 0 radical (unpaired) electrons. The highest BCUT2D eigenvalue weighted by molar-refractivity contribution is 5.46. The van der Waals surface area contributed by atoms with Crippen LogP contribution in [0.5, 0.6) is 0 Å². The summed E-state index contributed by atoms with van der Waals surface area (Å²) in [6.07, 6.45) is 2.77. The lowest BCUT2D eigenvalue weighted by Gasteiger charge is -2.25. The number of aliphatic hydroxyl groups is 2. The van der Waals surface area contributed by atoms with Crippen LogP contribution in [0, 0.1) is 5.41 Å². The molecule has 1 rings (SSSR count). The molecule has 0 saturated carbocycles. The summed E-state index contributed by atoms with van der Waals surface area (Å²) in [5, 5.41) is 25.9. The van der Waals surface area contributed by atoms with Crippen LogP contribution in [0.25, 0.3) is 0 Å². The van der Waals surface area contributed by atoms with Gasteiger partial charge in [-0.05, 0) is 6.42 Å². The molecular formula is C11H21N3O2. The van der Waals surface area contributed by atoms with E-state index in [-0.39, 0.29) is 13.2 Å². The molecule has 0 aliphatic carbocycles. The molecule has 5 nitrogen and oxygen atoms in total. The lowest BCUT2D eigenvalue weighted by molar-refractivity contribution is 0.0806. The SMILES string of the molecule is CCc1nn(C)cc1NCC(C)(CO)CO. The zero-order valence-corrected chi connectivity index (χ0v) is 10.2. The summed E-state index contributed by atoms with van der Waals surface area (Å²) in [5.74, 6) is 0. The van der Waals surface area contributed by atoms with E-state index in [1.165, 1.54) is 0 Å². The largest absolute Gasteiger partial charge is 0.396 e. The maximum absolute atomic E-state index is 9.17. The fraction of sp³-hybridized carbons (Fsp3) is 0.727. The van der Waals surface area contributed by atoms with Crippen molar-refractivity contribution in [2.24, 2.45) is 12.5 Å². The van der Waals surface area contributed by atoms with Crippen molar-refractivity contribution in [3.05, 3.63) is 11.9 Å². The van der Waals surface area contributed by atoms with Gasteiger partial charge >= 0.3 is 0 Å². The van der Waals surface area contributed by atoms with E-state index in [1.54, 1.807) is 4.68 Å². The third-order valence-electron chi connectivity index (χ3n) is 2.71. The topological polar surface area (TPSA) is 70.3 Å². The minimum absolute atomic E-state index is 0.0434. The van der Waals surface area contributed by atoms with E-state index in [2.05, 4.69) is 10.4 Å². The maximum atomic E-state index is 9.17. The molecule has 1 aromatic rings. The van der Waals surface area contributed by atoms with E-state index in [1.807, 2.05) is 27.1 Å². The van der Waals surface area contributed by atoms with Crippen LogP contribution in [0.1, 0.15) is 19.5 Å². The molecule has 0 unspecified atom stereocenters. The second kappa shape index (κ2) is 5.32. The summed E-state index contributed by atoms with van der Waals surface area (Å²) in [7, 11) is 1.88. The van der Waals surface area contributed by atoms with Gasteiger partial charge in [0, 0.05) is 25.2 Å². The first-order valence-electron chi connectivity index (χ1n) is 5.53. The maximum Gasteiger partial charge on any atom is 0.0853 e. The molecule has 0 saturated heterocycles. The third-order valence-corrected chi connectivity index (χ3v) is 2.71. The van der Waals surface area contributed by atoms with Crippen molar-refractivity contribution in [2.45, 2.75) is 20.3 Å². The molecule has 0 aliphatic rings. The highest BCUT2D eigenvalue weighted by Gasteiger charge is 2.22. The average molecular weight is 227 g/mol. The fourth-order valence-corrected chi connectivity index (χ4v) is 1.41. The van der Waals surface area contributed by atoms with Gasteiger partial charge < -0.3 is 15.5 Å². The van der Waals surface area contributed by atoms with Crippen molar-refractivity contribution in [2.75, 3.05) is 25.1 Å². The third kappa shape index (κ3) is 2.96. The molecule has 1 heterocycles. The molecule has 0 fully saturated rings. The van der Waals surface area contributed by atoms with Crippen LogP contribution in [-0.4, -0.2) is 39.8 Å². The van der Waals surface area contributed by atoms with Crippen LogP contribution in [0.15, 0.2) is 6.20 Å². The van der Waals surface area contributed by atoms with Gasteiger partial charge in [0.25, 0.3) is 0 Å². The van der Waals surface area contributed by atoms with Gasteiger partial charge in [0.2, 0.25) is 0 Å². The van der Waals surface area contributed by atoms with E-state index in [9.17, 15) is 10.2 Å². The Kier molecular flexibility index (Phi) is 4.32. The number of anilines is 1. The van der Waals surface area contributed by atoms with Crippen LogP contribution in [0.4, 0.5) is 5.69 Å². The van der Waals surface area contributed by atoms with E-state index >= 15 is 0 Å². The Morgan fingerprint density at radius 2 is 2.06 bits per heavy atom. The minimum Gasteiger partial charge on any atom is -0.396 e. The van der Waals surface area contributed by atoms with Crippen molar-refractivity contribution in [1.82, 2.24) is 9.78 Å². The Hall–Kier alpha value is -1.07. The van der Waals surface area contributed by atoms with Crippen LogP contribution >= 0.6 is 0 Å². The number of nitrogens with zero attached hydrogens (tertiary/aromatic N) is 2. The number of rotatable bonds is 6. The summed E-state index contributed by atoms with van der Waals surface area (Å²) in [6, 6.07) is 0. The molecule has 5 heteroatoms. The zero-order valence-electron chi connectivity index (χ0n) is 10.2. The van der Waals surface area contributed by atoms with Gasteiger partial charge in [-0.25, -0.2) is 0 Å². The first-order chi connectivity index (χ1) is 7.54. The average Bonchev–Trinajstić information content (AvgIpc) is 2.66. The Bertz CT molecular complexity index is 332. The Balaban J connectivity index is 2.66. The summed E-state index contributed by atoms with van der Waals surface area (Å²) in [5.41, 5.74) is 1.47. The standard InChI is InChI=1S/C11H21N3O2/c1-4-9-10(5-14(3)13-9)12-6-11(2,7-15)8-16/h5,12,15-16H,4,6-8H2,1-3H3. The van der Waals surface area contributed by atoms with E-state index in [0.29, 0.717) is 6.54 Å². The molecule has 0 atom stereocenters. The van der Waals surface area contributed by atoms with Gasteiger partial charge in [-0.1, -0.05) is 13.8 Å². The van der Waals surface area contributed by atoms with Crippen LogP contribution in [0.3, 0.4) is 0 Å². The van der Waals surface area contributed by atoms with Crippen molar-refractivity contribution < 1.29 is 10.2 Å². The highest BCUT2D eigenvalue weighted by Crippen LogP contribution is 2.18. The summed E-state index contributed by atoms with van der Waals surface area (Å²) in [6.45, 7) is 4.32. The molecule has 3 N–H and O–H groups in total. The van der Waals surface area contributed by atoms with Gasteiger partial charge in [0.15, 0.2) is 0 Å². The molecule has 0 aromatic carbocycles. The molecule has 0 spiro atoms. The quantitative estimate of drug-likeness (QED) is 0.657. The second-order valence-electron chi connectivity index (χ2n) is 4.50. The van der Waals surface area contributed by atoms with Crippen LogP contribution in [0.2, 0.25) is 0 Å². The normalized spacial score (nSPS) is 11.8. The number of aryl methyl sites for hydroxylation is 2. The summed E-state index contributed by atoms with van der Waals surface area (Å²) >= 11 is 0. The molecule has 16 heavy (non-hydrogen) atoms. The lowest BCUT2D eigenvalue weighted by Crippen LogP contribution is -2.34. The van der Waals surface area contributed by atoms with Crippen molar-refractivity contribution in [1.29, 1.82) is 0 Å². The lowest BCUT2D eigenvalue weighted by atomic mass is 9.93. The number of nitrogens with one attached hydrogen (secondary N) is 1. The molecular weight excluding hydrogens is 206 g/mol. The number of aromatic nitrogens is 2. The highest BCUT2D eigenvalue weighted by atomic mass is 16.3. The fourth-order valence-electron chi connectivity index (χ4n) is 1.41. The summed E-state index contributed by atoms with van der Waals surface area (Å²) < 4.78 is 1.76.